The summed E-state index contributed by atoms with van der Waals surface area (Å²) >= 11 is 3.58. The van der Waals surface area contributed by atoms with Crippen LogP contribution < -0.4 is 22.2 Å². The standard InChI is InChI=1S/C46H43BrN4O4/c1-20(2)40(21(3)4)50-43(52)28-16-14-26-27-15-17-29-35-31(46(55)51(44(29)53)41(22(5)6)23(7)8)19-33-39(37(27)35)38-32(18-30(45(50)54)34(28)36(26)38)48-42(49(33)9)24-10-12-25(47)13-11-24/h10-23,40-41H,1-9H3. The fraction of sp³-hybridized carbons (Fsp3) is 0.326. The summed E-state index contributed by atoms with van der Waals surface area (Å²) in [5.41, 5.74) is 0.998. The third-order valence-corrected chi connectivity index (χ3v) is 12.7. The molecule has 0 radical (unpaired) electrons. The molecule has 9 heteroatoms. The number of fused-ring (bicyclic) bond motifs is 1. The molecule has 0 fully saturated rings. The summed E-state index contributed by atoms with van der Waals surface area (Å²) in [5.74, 6) is 0.834. The molecule has 6 aromatic carbocycles. The van der Waals surface area contributed by atoms with E-state index in [0.717, 1.165) is 47.9 Å². The number of nitrogens with zero attached hydrogens (tertiary/aromatic N) is 4. The number of pyridine rings is 2. The highest BCUT2D eigenvalue weighted by molar-refractivity contribution is 9.10. The van der Waals surface area contributed by atoms with E-state index in [2.05, 4.69) is 71.3 Å². The number of benzene rings is 6. The SMILES string of the molecule is CC(C)C(C(C)C)n1c(=O)c2ccc3c4ccc5c(=O)n(C(C(C)C)C(C)C)c(=O)c6cc7c(c8c(cc(c1=O)c2c38)nc(-c1ccc(Br)cc1)n7C)c4c56. The summed E-state index contributed by atoms with van der Waals surface area (Å²) in [6.45, 7) is 16.4. The van der Waals surface area contributed by atoms with Crippen LogP contribution in [0.1, 0.15) is 67.5 Å². The number of hydrogen-bond acceptors (Lipinski definition) is 5. The Hall–Kier alpha value is -5.15. The van der Waals surface area contributed by atoms with E-state index in [-0.39, 0.29) is 58.0 Å². The number of rotatable bonds is 7. The van der Waals surface area contributed by atoms with Crippen LogP contribution in [0, 0.1) is 23.7 Å². The van der Waals surface area contributed by atoms with E-state index < -0.39 is 0 Å². The van der Waals surface area contributed by atoms with E-state index in [1.807, 2.05) is 72.3 Å². The molecule has 0 aliphatic heterocycles. The molecule has 0 spiro atoms. The zero-order chi connectivity index (χ0) is 39.1. The largest absolute Gasteiger partial charge is 0.328 e. The lowest BCUT2D eigenvalue weighted by atomic mass is 9.84. The Balaban J connectivity index is 1.60. The Morgan fingerprint density at radius 2 is 0.909 bits per heavy atom. The summed E-state index contributed by atoms with van der Waals surface area (Å²) in [4.78, 5) is 64.2. The topological polar surface area (TPSA) is 96.0 Å². The van der Waals surface area contributed by atoms with Crippen LogP contribution in [-0.2, 0) is 7.05 Å². The van der Waals surface area contributed by atoms with Crippen molar-refractivity contribution < 1.29 is 0 Å². The zero-order valence-corrected chi connectivity index (χ0v) is 34.1. The molecule has 0 amide bonds. The first-order valence-electron chi connectivity index (χ1n) is 19.3. The highest BCUT2D eigenvalue weighted by Gasteiger charge is 2.31. The zero-order valence-electron chi connectivity index (χ0n) is 32.5. The fourth-order valence-electron chi connectivity index (χ4n) is 10.2. The second kappa shape index (κ2) is 12.2. The van der Waals surface area contributed by atoms with Gasteiger partial charge in [-0.05, 0) is 70.8 Å². The summed E-state index contributed by atoms with van der Waals surface area (Å²) in [6, 6.07) is 18.8. The number of aryl methyl sites for hydroxylation is 1. The molecule has 0 aliphatic carbocycles. The van der Waals surface area contributed by atoms with E-state index in [9.17, 15) is 19.2 Å². The predicted molar refractivity (Wildman–Crippen MR) is 231 cm³/mol. The molecular weight excluding hydrogens is 752 g/mol. The van der Waals surface area contributed by atoms with Crippen LogP contribution in [0.5, 0.6) is 0 Å². The van der Waals surface area contributed by atoms with E-state index in [0.29, 0.717) is 43.7 Å². The van der Waals surface area contributed by atoms with Gasteiger partial charge in [-0.2, -0.15) is 0 Å². The van der Waals surface area contributed by atoms with Crippen LogP contribution in [0.2, 0.25) is 0 Å². The lowest BCUT2D eigenvalue weighted by molar-refractivity contribution is 0.277. The van der Waals surface area contributed by atoms with Gasteiger partial charge in [0, 0.05) is 72.3 Å². The molecule has 9 aromatic rings. The lowest BCUT2D eigenvalue weighted by Gasteiger charge is -2.28. The second-order valence-corrected chi connectivity index (χ2v) is 17.8. The minimum atomic E-state index is -0.319. The Morgan fingerprint density at radius 3 is 1.38 bits per heavy atom. The average Bonchev–Trinajstić information content (AvgIpc) is 3.26. The molecule has 3 heterocycles. The third-order valence-electron chi connectivity index (χ3n) is 12.2. The average molecular weight is 796 g/mol. The number of halogens is 1. The summed E-state index contributed by atoms with van der Waals surface area (Å²) < 4.78 is 5.91. The van der Waals surface area contributed by atoms with Crippen LogP contribution in [0.4, 0.5) is 0 Å². The summed E-state index contributed by atoms with van der Waals surface area (Å²) in [6.07, 6.45) is 0. The van der Waals surface area contributed by atoms with Gasteiger partial charge in [0.05, 0.1) is 21.8 Å². The molecule has 0 bridgehead atoms. The second-order valence-electron chi connectivity index (χ2n) is 16.9. The van der Waals surface area contributed by atoms with Gasteiger partial charge < -0.3 is 4.57 Å². The first-order chi connectivity index (χ1) is 26.1. The Labute approximate surface area is 325 Å². The number of aromatic nitrogens is 4. The number of hydrogen-bond donors (Lipinski definition) is 0. The third kappa shape index (κ3) is 4.71. The van der Waals surface area contributed by atoms with E-state index in [1.165, 1.54) is 9.13 Å². The van der Waals surface area contributed by atoms with Crippen molar-refractivity contribution in [2.75, 3.05) is 0 Å². The van der Waals surface area contributed by atoms with Crippen LogP contribution >= 0.6 is 15.9 Å². The smallest absolute Gasteiger partial charge is 0.261 e. The highest BCUT2D eigenvalue weighted by atomic mass is 79.9. The van der Waals surface area contributed by atoms with Crippen LogP contribution in [0.15, 0.2) is 84.3 Å². The van der Waals surface area contributed by atoms with Gasteiger partial charge in [0.1, 0.15) is 5.82 Å². The quantitative estimate of drug-likeness (QED) is 0.118. The van der Waals surface area contributed by atoms with Crippen molar-refractivity contribution in [1.82, 2.24) is 18.7 Å². The summed E-state index contributed by atoms with van der Waals surface area (Å²) in [5, 5.41) is 8.08. The van der Waals surface area contributed by atoms with E-state index in [1.54, 1.807) is 0 Å². The lowest BCUT2D eigenvalue weighted by Crippen LogP contribution is -2.40. The fourth-order valence-corrected chi connectivity index (χ4v) is 10.5. The van der Waals surface area contributed by atoms with Crippen molar-refractivity contribution in [3.8, 4) is 11.4 Å². The van der Waals surface area contributed by atoms with Crippen molar-refractivity contribution in [2.24, 2.45) is 30.7 Å². The van der Waals surface area contributed by atoms with Crippen molar-refractivity contribution >= 4 is 91.6 Å². The Kier molecular flexibility index (Phi) is 7.87. The van der Waals surface area contributed by atoms with Gasteiger partial charge in [-0.1, -0.05) is 95.6 Å². The van der Waals surface area contributed by atoms with E-state index in [4.69, 9.17) is 4.98 Å². The Morgan fingerprint density at radius 1 is 0.491 bits per heavy atom. The minimum absolute atomic E-state index is 0.0475. The summed E-state index contributed by atoms with van der Waals surface area (Å²) in [7, 11) is 1.95. The normalized spacial score (nSPS) is 13.1. The van der Waals surface area contributed by atoms with Gasteiger partial charge in [0.15, 0.2) is 0 Å². The molecule has 0 aliphatic rings. The first-order valence-corrected chi connectivity index (χ1v) is 20.1. The maximum atomic E-state index is 14.9. The molecule has 55 heavy (non-hydrogen) atoms. The Bertz CT molecular complexity index is 3270. The maximum absolute atomic E-state index is 14.9. The molecule has 278 valence electrons. The van der Waals surface area contributed by atoms with Crippen molar-refractivity contribution in [3.05, 3.63) is 107 Å². The minimum Gasteiger partial charge on any atom is -0.328 e. The van der Waals surface area contributed by atoms with Crippen molar-refractivity contribution in [1.29, 1.82) is 0 Å². The molecule has 0 atom stereocenters. The van der Waals surface area contributed by atoms with Crippen LogP contribution in [-0.4, -0.2) is 18.7 Å². The highest BCUT2D eigenvalue weighted by Crippen LogP contribution is 2.48. The molecule has 0 saturated carbocycles. The predicted octanol–water partition coefficient (Wildman–Crippen LogP) is 9.99. The van der Waals surface area contributed by atoms with Gasteiger partial charge in [0.2, 0.25) is 0 Å². The van der Waals surface area contributed by atoms with E-state index >= 15 is 0 Å². The molecule has 0 unspecified atom stereocenters. The van der Waals surface area contributed by atoms with Crippen LogP contribution in [0.3, 0.4) is 0 Å². The molecule has 8 nitrogen and oxygen atoms in total. The van der Waals surface area contributed by atoms with Crippen molar-refractivity contribution in [3.63, 3.8) is 0 Å². The van der Waals surface area contributed by atoms with Gasteiger partial charge in [-0.25, -0.2) is 4.98 Å². The molecule has 0 N–H and O–H groups in total. The van der Waals surface area contributed by atoms with Gasteiger partial charge in [-0.3, -0.25) is 28.3 Å². The molecule has 3 aromatic heterocycles. The molecular formula is C46H43BrN4O4. The maximum Gasteiger partial charge on any atom is 0.261 e. The van der Waals surface area contributed by atoms with Gasteiger partial charge >= 0.3 is 0 Å². The molecule has 9 rings (SSSR count). The van der Waals surface area contributed by atoms with Gasteiger partial charge in [-0.15, -0.1) is 0 Å². The molecule has 0 saturated heterocycles. The first kappa shape index (κ1) is 35.5. The van der Waals surface area contributed by atoms with Crippen LogP contribution in [0.25, 0.3) is 87.1 Å². The van der Waals surface area contributed by atoms with Gasteiger partial charge in [0.25, 0.3) is 22.2 Å². The monoisotopic (exact) mass is 794 g/mol. The van der Waals surface area contributed by atoms with Crippen molar-refractivity contribution in [2.45, 2.75) is 67.5 Å².